The maximum atomic E-state index is 13.0. The zero-order valence-electron chi connectivity index (χ0n) is 15.0. The molecular weight excluding hydrogens is 343 g/mol. The molecule has 4 nitrogen and oxygen atoms in total. The van der Waals surface area contributed by atoms with Crippen molar-refractivity contribution >= 4 is 6.03 Å². The van der Waals surface area contributed by atoms with Crippen molar-refractivity contribution in [2.24, 2.45) is 0 Å². The molecule has 26 heavy (non-hydrogen) atoms. The highest BCUT2D eigenvalue weighted by molar-refractivity contribution is 5.74. The maximum absolute atomic E-state index is 13.0. The Bertz CT molecular complexity index is 762. The lowest BCUT2D eigenvalue weighted by atomic mass is 10.1. The Kier molecular flexibility index (Phi) is 6.23. The number of nitrogens with one attached hydrogen (secondary N) is 1. The average molecular weight is 365 g/mol. The van der Waals surface area contributed by atoms with Gasteiger partial charge in [-0.15, -0.1) is 0 Å². The molecule has 0 aliphatic carbocycles. The van der Waals surface area contributed by atoms with Gasteiger partial charge in [0.1, 0.15) is 0 Å². The van der Waals surface area contributed by atoms with Gasteiger partial charge in [-0.05, 0) is 43.2 Å². The predicted molar refractivity (Wildman–Crippen MR) is 93.6 cm³/mol. The van der Waals surface area contributed by atoms with Gasteiger partial charge in [-0.3, -0.25) is 4.98 Å². The number of rotatable bonds is 5. The fourth-order valence-corrected chi connectivity index (χ4v) is 2.60. The molecule has 1 N–H and O–H groups in total. The second-order valence-corrected chi connectivity index (χ2v) is 6.30. The van der Waals surface area contributed by atoms with E-state index in [1.807, 2.05) is 26.0 Å². The third-order valence-electron chi connectivity index (χ3n) is 4.21. The maximum Gasteiger partial charge on any atom is 0.416 e. The summed E-state index contributed by atoms with van der Waals surface area (Å²) >= 11 is 0. The molecule has 7 heteroatoms. The Morgan fingerprint density at radius 2 is 1.96 bits per heavy atom. The summed E-state index contributed by atoms with van der Waals surface area (Å²) in [7, 11) is 1.62. The first-order chi connectivity index (χ1) is 12.2. The molecule has 0 bridgehead atoms. The number of carbonyl (C=O) groups excluding carboxylic acids is 1. The summed E-state index contributed by atoms with van der Waals surface area (Å²) in [6, 6.07) is 8.48. The van der Waals surface area contributed by atoms with Gasteiger partial charge in [0.05, 0.1) is 5.56 Å². The highest BCUT2D eigenvalue weighted by atomic mass is 19.4. The molecule has 0 spiro atoms. The zero-order chi connectivity index (χ0) is 19.3. The van der Waals surface area contributed by atoms with E-state index in [0.717, 1.165) is 17.3 Å². The molecule has 0 saturated carbocycles. The van der Waals surface area contributed by atoms with Crippen molar-refractivity contribution in [3.05, 3.63) is 65.0 Å². The van der Waals surface area contributed by atoms with Crippen LogP contribution in [0.15, 0.2) is 42.6 Å². The lowest BCUT2D eigenvalue weighted by Gasteiger charge is -2.25. The molecule has 0 fully saturated rings. The van der Waals surface area contributed by atoms with Crippen molar-refractivity contribution in [3.8, 4) is 0 Å². The zero-order valence-corrected chi connectivity index (χ0v) is 15.0. The first kappa shape index (κ1) is 19.8. The molecule has 1 aromatic carbocycles. The van der Waals surface area contributed by atoms with Crippen LogP contribution in [-0.4, -0.2) is 29.0 Å². The van der Waals surface area contributed by atoms with Crippen molar-refractivity contribution in [2.75, 3.05) is 7.05 Å². The number of likely N-dealkylation sites (N-methyl/N-ethyl adjacent to an activating group) is 1. The number of alkyl halides is 3. The summed E-state index contributed by atoms with van der Waals surface area (Å²) in [5, 5.41) is 2.56. The number of pyridine rings is 1. The van der Waals surface area contributed by atoms with E-state index in [0.29, 0.717) is 6.42 Å². The van der Waals surface area contributed by atoms with Gasteiger partial charge in [-0.25, -0.2) is 4.79 Å². The van der Waals surface area contributed by atoms with Crippen LogP contribution in [0.25, 0.3) is 0 Å². The van der Waals surface area contributed by atoms with Crippen LogP contribution in [0, 0.1) is 6.92 Å². The minimum absolute atomic E-state index is 0.0368. The second-order valence-electron chi connectivity index (χ2n) is 6.30. The van der Waals surface area contributed by atoms with Crippen molar-refractivity contribution in [1.82, 2.24) is 15.2 Å². The lowest BCUT2D eigenvalue weighted by molar-refractivity contribution is -0.138. The van der Waals surface area contributed by atoms with Crippen molar-refractivity contribution < 1.29 is 18.0 Å². The summed E-state index contributed by atoms with van der Waals surface area (Å²) < 4.78 is 39.0. The van der Waals surface area contributed by atoms with Crippen LogP contribution in [-0.2, 0) is 19.1 Å². The number of halogens is 3. The van der Waals surface area contributed by atoms with E-state index in [9.17, 15) is 18.0 Å². The van der Waals surface area contributed by atoms with Crippen LogP contribution in [0.1, 0.15) is 29.3 Å². The lowest BCUT2D eigenvalue weighted by Crippen LogP contribution is -2.43. The summed E-state index contributed by atoms with van der Waals surface area (Å²) in [5.41, 5.74) is 1.24. The number of amides is 2. The third-order valence-corrected chi connectivity index (χ3v) is 4.21. The quantitative estimate of drug-likeness (QED) is 0.864. The van der Waals surface area contributed by atoms with E-state index in [-0.39, 0.29) is 18.2 Å². The highest BCUT2D eigenvalue weighted by Gasteiger charge is 2.32. The number of aromatic nitrogens is 1. The molecule has 140 valence electrons. The van der Waals surface area contributed by atoms with E-state index in [1.165, 1.54) is 23.1 Å². The molecule has 0 saturated heterocycles. The fourth-order valence-electron chi connectivity index (χ4n) is 2.60. The van der Waals surface area contributed by atoms with Crippen LogP contribution in [0.3, 0.4) is 0 Å². The van der Waals surface area contributed by atoms with Gasteiger partial charge < -0.3 is 10.2 Å². The summed E-state index contributed by atoms with van der Waals surface area (Å²) in [6.45, 7) is 3.64. The van der Waals surface area contributed by atoms with Crippen LogP contribution in [0.5, 0.6) is 0 Å². The van der Waals surface area contributed by atoms with Crippen molar-refractivity contribution in [2.45, 2.75) is 39.0 Å². The predicted octanol–water partition coefficient (Wildman–Crippen LogP) is 4.18. The van der Waals surface area contributed by atoms with Crippen LogP contribution >= 0.6 is 0 Å². The van der Waals surface area contributed by atoms with E-state index >= 15 is 0 Å². The smallest absolute Gasteiger partial charge is 0.334 e. The normalized spacial score (nSPS) is 12.5. The largest absolute Gasteiger partial charge is 0.416 e. The monoisotopic (exact) mass is 365 g/mol. The number of urea groups is 1. The van der Waals surface area contributed by atoms with Crippen LogP contribution < -0.4 is 5.32 Å². The Labute approximate surface area is 151 Å². The molecule has 1 unspecified atom stereocenters. The minimum Gasteiger partial charge on any atom is -0.334 e. The van der Waals surface area contributed by atoms with Gasteiger partial charge in [0.15, 0.2) is 0 Å². The van der Waals surface area contributed by atoms with E-state index in [2.05, 4.69) is 10.3 Å². The van der Waals surface area contributed by atoms with Gasteiger partial charge in [-0.1, -0.05) is 18.2 Å². The van der Waals surface area contributed by atoms with Crippen LogP contribution in [0.4, 0.5) is 18.0 Å². The van der Waals surface area contributed by atoms with E-state index in [4.69, 9.17) is 0 Å². The summed E-state index contributed by atoms with van der Waals surface area (Å²) in [6.07, 6.45) is -2.17. The van der Waals surface area contributed by atoms with Crippen molar-refractivity contribution in [1.29, 1.82) is 0 Å². The molecule has 1 heterocycles. The van der Waals surface area contributed by atoms with Gasteiger partial charge in [0.25, 0.3) is 0 Å². The van der Waals surface area contributed by atoms with Gasteiger partial charge in [-0.2, -0.15) is 13.2 Å². The Morgan fingerprint density at radius 1 is 1.27 bits per heavy atom. The standard InChI is InChI=1S/C19H22F3N3O/c1-13-8-9-23-16(10-13)11-14(2)25(3)18(26)24-12-15-6-4-5-7-17(15)19(20,21)22/h4-10,14H,11-12H2,1-3H3,(H,24,26). The molecule has 0 aliphatic rings. The Balaban J connectivity index is 1.97. The third kappa shape index (κ3) is 5.21. The molecule has 1 aromatic heterocycles. The molecule has 0 radical (unpaired) electrons. The van der Waals surface area contributed by atoms with Gasteiger partial charge in [0, 0.05) is 37.9 Å². The number of carbonyl (C=O) groups is 1. The van der Waals surface area contributed by atoms with Crippen LogP contribution in [0.2, 0.25) is 0 Å². The molecule has 1 atom stereocenters. The SMILES string of the molecule is Cc1ccnc(CC(C)N(C)C(=O)NCc2ccccc2C(F)(F)F)c1. The molecule has 2 rings (SSSR count). The average Bonchev–Trinajstić information content (AvgIpc) is 2.58. The van der Waals surface area contributed by atoms with Gasteiger partial charge in [0.2, 0.25) is 0 Å². The Morgan fingerprint density at radius 3 is 2.62 bits per heavy atom. The number of benzene rings is 1. The highest BCUT2D eigenvalue weighted by Crippen LogP contribution is 2.31. The Hall–Kier alpha value is -2.57. The molecule has 2 aromatic rings. The number of hydrogen-bond donors (Lipinski definition) is 1. The number of nitrogens with zero attached hydrogens (tertiary/aromatic N) is 2. The molecule has 2 amide bonds. The van der Waals surface area contributed by atoms with Gasteiger partial charge >= 0.3 is 12.2 Å². The fraction of sp³-hybridized carbons (Fsp3) is 0.368. The first-order valence-electron chi connectivity index (χ1n) is 8.25. The first-order valence-corrected chi connectivity index (χ1v) is 8.25. The molecule has 0 aliphatic heterocycles. The second kappa shape index (κ2) is 8.21. The topological polar surface area (TPSA) is 45.2 Å². The van der Waals surface area contributed by atoms with Crippen molar-refractivity contribution in [3.63, 3.8) is 0 Å². The summed E-state index contributed by atoms with van der Waals surface area (Å²) in [4.78, 5) is 18.0. The minimum atomic E-state index is -4.45. The number of aryl methyl sites for hydroxylation is 1. The molecular formula is C19H22F3N3O. The van der Waals surface area contributed by atoms with E-state index < -0.39 is 17.8 Å². The summed E-state index contributed by atoms with van der Waals surface area (Å²) in [5.74, 6) is 0. The van der Waals surface area contributed by atoms with E-state index in [1.54, 1.807) is 13.2 Å². The number of hydrogen-bond acceptors (Lipinski definition) is 2.